The maximum absolute atomic E-state index is 6.10. The summed E-state index contributed by atoms with van der Waals surface area (Å²) in [5.41, 5.74) is 0.510. The first-order valence-corrected chi connectivity index (χ1v) is 11.0. The molecule has 0 aliphatic rings. The zero-order valence-corrected chi connectivity index (χ0v) is 18.4. The Morgan fingerprint density at radius 1 is 0.800 bits per heavy atom. The van der Waals surface area contributed by atoms with Crippen LogP contribution in [0.25, 0.3) is 0 Å². The first kappa shape index (κ1) is 22.6. The van der Waals surface area contributed by atoms with E-state index in [4.69, 9.17) is 11.6 Å². The van der Waals surface area contributed by atoms with E-state index in [1.54, 1.807) is 0 Å². The van der Waals surface area contributed by atoms with Gasteiger partial charge < -0.3 is 4.57 Å². The Morgan fingerprint density at radius 3 is 1.72 bits per heavy atom. The van der Waals surface area contributed by atoms with E-state index in [9.17, 15) is 0 Å². The van der Waals surface area contributed by atoms with Gasteiger partial charge in [-0.25, -0.2) is 0 Å². The third-order valence-corrected chi connectivity index (χ3v) is 6.85. The first-order chi connectivity index (χ1) is 11.8. The van der Waals surface area contributed by atoms with E-state index in [0.29, 0.717) is 5.41 Å². The number of nitrogens with zero attached hydrogens (tertiary/aromatic N) is 1. The molecule has 1 aromatic rings. The molecule has 0 atom stereocenters. The van der Waals surface area contributed by atoms with Gasteiger partial charge in [0, 0.05) is 12.7 Å². The van der Waals surface area contributed by atoms with Gasteiger partial charge in [-0.15, -0.1) is 0 Å². The number of unbranched alkanes of at least 4 members (excludes halogenated alkanes) is 6. The minimum atomic E-state index is 0.510. The molecule has 0 unspecified atom stereocenters. The van der Waals surface area contributed by atoms with Gasteiger partial charge in [0.2, 0.25) is 0 Å². The molecule has 0 bridgehead atoms. The highest BCUT2D eigenvalue weighted by Crippen LogP contribution is 2.47. The van der Waals surface area contributed by atoms with Crippen LogP contribution in [0.2, 0.25) is 5.15 Å². The maximum Gasteiger partial charge on any atom is 0.108 e. The van der Waals surface area contributed by atoms with E-state index in [-0.39, 0.29) is 0 Å². The summed E-state index contributed by atoms with van der Waals surface area (Å²) in [5, 5.41) is 0.865. The predicted molar refractivity (Wildman–Crippen MR) is 113 cm³/mol. The van der Waals surface area contributed by atoms with E-state index in [1.165, 1.54) is 51.4 Å². The Labute approximate surface area is 162 Å². The van der Waals surface area contributed by atoms with Gasteiger partial charge in [0.25, 0.3) is 0 Å². The SMILES string of the molecule is CC(C)C(CCCCCCCCCn1cccc1Cl)(C(C)C)C(C)C. The molecule has 2 heteroatoms. The molecule has 0 fully saturated rings. The van der Waals surface area contributed by atoms with E-state index in [0.717, 1.165) is 29.5 Å². The monoisotopic (exact) mass is 367 g/mol. The Kier molecular flexibility index (Phi) is 10.2. The largest absolute Gasteiger partial charge is 0.339 e. The number of hydrogen-bond donors (Lipinski definition) is 0. The van der Waals surface area contributed by atoms with Crippen LogP contribution in [0.5, 0.6) is 0 Å². The van der Waals surface area contributed by atoms with Crippen LogP contribution >= 0.6 is 11.6 Å². The summed E-state index contributed by atoms with van der Waals surface area (Å²) in [5.74, 6) is 2.31. The van der Waals surface area contributed by atoms with E-state index in [1.807, 2.05) is 12.1 Å². The molecular formula is C23H42ClN. The fraction of sp³-hybridized carbons (Fsp3) is 0.826. The fourth-order valence-electron chi connectivity index (χ4n) is 5.04. The van der Waals surface area contributed by atoms with Gasteiger partial charge in [0.1, 0.15) is 5.15 Å². The van der Waals surface area contributed by atoms with Crippen molar-refractivity contribution in [1.82, 2.24) is 4.57 Å². The minimum absolute atomic E-state index is 0.510. The van der Waals surface area contributed by atoms with Crippen LogP contribution in [-0.2, 0) is 6.54 Å². The van der Waals surface area contributed by atoms with Crippen LogP contribution in [0, 0.1) is 23.2 Å². The third kappa shape index (κ3) is 6.66. The average molecular weight is 368 g/mol. The normalized spacial score (nSPS) is 12.7. The lowest BCUT2D eigenvalue weighted by molar-refractivity contribution is 0.0356. The van der Waals surface area contributed by atoms with Gasteiger partial charge >= 0.3 is 0 Å². The predicted octanol–water partition coefficient (Wildman–Crippen LogP) is 8.22. The van der Waals surface area contributed by atoms with Crippen LogP contribution in [0.3, 0.4) is 0 Å². The van der Waals surface area contributed by atoms with E-state index < -0.39 is 0 Å². The number of aromatic nitrogens is 1. The number of rotatable bonds is 13. The maximum atomic E-state index is 6.10. The average Bonchev–Trinajstić information content (AvgIpc) is 2.93. The molecule has 0 aliphatic heterocycles. The molecule has 1 aromatic heterocycles. The zero-order chi connectivity index (χ0) is 18.9. The highest BCUT2D eigenvalue weighted by Gasteiger charge is 2.39. The standard InChI is InChI=1S/C23H42ClN/c1-19(2)23(20(3)4,21(5)6)16-12-10-8-7-9-11-13-17-25-18-14-15-22(25)24/h14-15,18-21H,7-13,16-17H2,1-6H3. The quantitative estimate of drug-likeness (QED) is 0.309. The molecule has 0 aromatic carbocycles. The van der Waals surface area contributed by atoms with E-state index in [2.05, 4.69) is 52.3 Å². The Balaban J connectivity index is 2.15. The topological polar surface area (TPSA) is 4.93 Å². The number of aryl methyl sites for hydroxylation is 1. The van der Waals surface area contributed by atoms with Gasteiger partial charge in [-0.05, 0) is 48.1 Å². The Morgan fingerprint density at radius 2 is 1.28 bits per heavy atom. The van der Waals surface area contributed by atoms with Gasteiger partial charge in [-0.1, -0.05) is 91.7 Å². The molecule has 0 amide bonds. The van der Waals surface area contributed by atoms with Crippen molar-refractivity contribution < 1.29 is 0 Å². The molecular weight excluding hydrogens is 326 g/mol. The highest BCUT2D eigenvalue weighted by atomic mass is 35.5. The summed E-state index contributed by atoms with van der Waals surface area (Å²) in [7, 11) is 0. The van der Waals surface area contributed by atoms with Crippen LogP contribution < -0.4 is 0 Å². The van der Waals surface area contributed by atoms with Crippen molar-refractivity contribution in [1.29, 1.82) is 0 Å². The zero-order valence-electron chi connectivity index (χ0n) is 17.7. The van der Waals surface area contributed by atoms with Crippen LogP contribution in [-0.4, -0.2) is 4.57 Å². The molecule has 25 heavy (non-hydrogen) atoms. The first-order valence-electron chi connectivity index (χ1n) is 10.6. The van der Waals surface area contributed by atoms with Crippen LogP contribution in [0.15, 0.2) is 18.3 Å². The van der Waals surface area contributed by atoms with Crippen molar-refractivity contribution >= 4 is 11.6 Å². The Hall–Kier alpha value is -0.430. The second-order valence-electron chi connectivity index (χ2n) is 8.83. The van der Waals surface area contributed by atoms with Crippen LogP contribution in [0.4, 0.5) is 0 Å². The molecule has 0 radical (unpaired) electrons. The molecule has 0 spiro atoms. The molecule has 1 rings (SSSR count). The van der Waals surface area contributed by atoms with Crippen molar-refractivity contribution in [2.75, 3.05) is 0 Å². The molecule has 0 saturated heterocycles. The smallest absolute Gasteiger partial charge is 0.108 e. The summed E-state index contributed by atoms with van der Waals surface area (Å²) in [6, 6.07) is 3.99. The summed E-state index contributed by atoms with van der Waals surface area (Å²) >= 11 is 6.10. The minimum Gasteiger partial charge on any atom is -0.339 e. The second-order valence-corrected chi connectivity index (χ2v) is 9.21. The Bertz CT molecular complexity index is 437. The summed E-state index contributed by atoms with van der Waals surface area (Å²) in [6.07, 6.45) is 13.0. The van der Waals surface area contributed by atoms with Gasteiger partial charge in [0.15, 0.2) is 0 Å². The lowest BCUT2D eigenvalue weighted by Gasteiger charge is -2.45. The summed E-state index contributed by atoms with van der Waals surface area (Å²) in [6.45, 7) is 15.6. The van der Waals surface area contributed by atoms with Gasteiger partial charge in [0.05, 0.1) is 0 Å². The van der Waals surface area contributed by atoms with Gasteiger partial charge in [-0.2, -0.15) is 0 Å². The molecule has 0 aliphatic carbocycles. The van der Waals surface area contributed by atoms with Crippen molar-refractivity contribution in [3.63, 3.8) is 0 Å². The van der Waals surface area contributed by atoms with Gasteiger partial charge in [-0.3, -0.25) is 0 Å². The third-order valence-electron chi connectivity index (χ3n) is 6.51. The molecule has 1 heterocycles. The highest BCUT2D eigenvalue weighted by molar-refractivity contribution is 6.29. The summed E-state index contributed by atoms with van der Waals surface area (Å²) in [4.78, 5) is 0. The summed E-state index contributed by atoms with van der Waals surface area (Å²) < 4.78 is 2.14. The lowest BCUT2D eigenvalue weighted by atomic mass is 9.60. The lowest BCUT2D eigenvalue weighted by Crippen LogP contribution is -2.38. The van der Waals surface area contributed by atoms with Crippen molar-refractivity contribution in [2.24, 2.45) is 23.2 Å². The van der Waals surface area contributed by atoms with Crippen molar-refractivity contribution in [3.05, 3.63) is 23.5 Å². The molecule has 1 nitrogen and oxygen atoms in total. The number of hydrogen-bond acceptors (Lipinski definition) is 0. The van der Waals surface area contributed by atoms with Crippen molar-refractivity contribution in [2.45, 2.75) is 99.5 Å². The molecule has 0 N–H and O–H groups in total. The molecule has 0 saturated carbocycles. The molecule has 146 valence electrons. The van der Waals surface area contributed by atoms with Crippen molar-refractivity contribution in [3.8, 4) is 0 Å². The van der Waals surface area contributed by atoms with E-state index >= 15 is 0 Å². The fourth-order valence-corrected chi connectivity index (χ4v) is 5.25. The number of halogens is 1. The van der Waals surface area contributed by atoms with Crippen LogP contribution in [0.1, 0.15) is 92.9 Å². The second kappa shape index (κ2) is 11.3.